The summed E-state index contributed by atoms with van der Waals surface area (Å²) in [5.41, 5.74) is 0.0640. The molecule has 0 radical (unpaired) electrons. The molecule has 1 amide bonds. The van der Waals surface area contributed by atoms with Gasteiger partial charge in [-0.3, -0.25) is 18.5 Å². The number of carbonyl (C=O) groups excluding carboxylic acids is 1. The molecule has 0 aliphatic carbocycles. The number of carbonyl (C=O) groups is 1. The average molecular weight is 582 g/mol. The predicted octanol–water partition coefficient (Wildman–Crippen LogP) is 3.49. The molecule has 1 N–H and O–H groups in total. The molecule has 0 saturated carbocycles. The molecular formula is C32H35N7O4. The summed E-state index contributed by atoms with van der Waals surface area (Å²) in [6.45, 7) is 8.47. The van der Waals surface area contributed by atoms with E-state index in [1.165, 1.54) is 9.13 Å². The first-order chi connectivity index (χ1) is 20.5. The van der Waals surface area contributed by atoms with E-state index in [4.69, 9.17) is 9.72 Å². The Labute approximate surface area is 249 Å². The fourth-order valence-corrected chi connectivity index (χ4v) is 5.56. The van der Waals surface area contributed by atoms with Crippen molar-refractivity contribution in [3.8, 4) is 17.9 Å². The summed E-state index contributed by atoms with van der Waals surface area (Å²) >= 11 is 0. The molecule has 5 rings (SSSR count). The lowest BCUT2D eigenvalue weighted by Gasteiger charge is -2.34. The maximum atomic E-state index is 14.1. The van der Waals surface area contributed by atoms with Crippen LogP contribution >= 0.6 is 0 Å². The lowest BCUT2D eigenvalue weighted by atomic mass is 10.0. The van der Waals surface area contributed by atoms with E-state index in [2.05, 4.69) is 23.2 Å². The van der Waals surface area contributed by atoms with Crippen LogP contribution in [0.5, 0.6) is 0 Å². The van der Waals surface area contributed by atoms with Crippen LogP contribution < -0.4 is 21.5 Å². The second kappa shape index (κ2) is 11.7. The number of fused-ring (bicyclic) bond motifs is 2. The zero-order valence-electron chi connectivity index (χ0n) is 25.1. The Morgan fingerprint density at radius 3 is 2.67 bits per heavy atom. The number of nitrogens with zero attached hydrogens (tertiary/aromatic N) is 6. The Morgan fingerprint density at radius 1 is 1.19 bits per heavy atom. The van der Waals surface area contributed by atoms with Crippen LogP contribution in [0, 0.1) is 23.2 Å². The largest absolute Gasteiger partial charge is 0.444 e. The highest BCUT2D eigenvalue weighted by Crippen LogP contribution is 2.25. The number of nitriles is 1. The van der Waals surface area contributed by atoms with E-state index in [-0.39, 0.29) is 30.3 Å². The van der Waals surface area contributed by atoms with Gasteiger partial charge in [0.2, 0.25) is 5.95 Å². The maximum Gasteiger partial charge on any atom is 0.407 e. The Bertz CT molecular complexity index is 1940. The number of aromatic nitrogens is 4. The Hall–Kier alpha value is -5.03. The number of piperidine rings is 1. The molecule has 0 unspecified atom stereocenters. The van der Waals surface area contributed by atoms with Gasteiger partial charge >= 0.3 is 11.8 Å². The minimum Gasteiger partial charge on any atom is -0.444 e. The van der Waals surface area contributed by atoms with Gasteiger partial charge in [0, 0.05) is 26.2 Å². The number of anilines is 1. The number of alkyl carbamates (subject to hydrolysis) is 1. The Balaban J connectivity index is 1.59. The third-order valence-electron chi connectivity index (χ3n) is 7.46. The summed E-state index contributed by atoms with van der Waals surface area (Å²) < 4.78 is 9.77. The standard InChI is InChI=1S/C32H35N7O4/c1-6-7-15-38-26-27(35-29(38)37-14-10-12-24(20-37)34-30(41)43-32(2,3)4)36(5)31(42)39(28(26)40)19-23-17-21(18-33)16-22-11-8-9-13-25(22)23/h8-9,11,13,16-17,24H,10,12,14-15,19-20H2,1-5H3,(H,34,41)/t24-/m1/s1. The molecule has 1 saturated heterocycles. The first kappa shape index (κ1) is 29.5. The molecule has 2 aromatic carbocycles. The molecule has 2 aromatic heterocycles. The first-order valence-electron chi connectivity index (χ1n) is 14.3. The first-order valence-corrected chi connectivity index (χ1v) is 14.3. The van der Waals surface area contributed by atoms with E-state index in [1.807, 2.05) is 49.9 Å². The van der Waals surface area contributed by atoms with Gasteiger partial charge in [-0.15, -0.1) is 5.92 Å². The normalized spacial score (nSPS) is 15.2. The molecule has 11 nitrogen and oxygen atoms in total. The van der Waals surface area contributed by atoms with Gasteiger partial charge in [-0.05, 0) is 69.0 Å². The van der Waals surface area contributed by atoms with Crippen molar-refractivity contribution in [1.82, 2.24) is 24.0 Å². The van der Waals surface area contributed by atoms with Crippen molar-refractivity contribution >= 4 is 34.0 Å². The van der Waals surface area contributed by atoms with E-state index >= 15 is 0 Å². The second-order valence-corrected chi connectivity index (χ2v) is 11.7. The molecular weight excluding hydrogens is 546 g/mol. The van der Waals surface area contributed by atoms with Gasteiger partial charge in [0.1, 0.15) is 5.60 Å². The van der Waals surface area contributed by atoms with Crippen LogP contribution in [0.15, 0.2) is 46.0 Å². The molecule has 4 aromatic rings. The van der Waals surface area contributed by atoms with E-state index in [0.717, 1.165) is 23.6 Å². The SMILES string of the molecule is CC#CCn1c(N2CCC[C@@H](NC(=O)OC(C)(C)C)C2)nc2c1c(=O)n(Cc1cc(C#N)cc3ccccc13)c(=O)n2C. The number of ether oxygens (including phenoxy) is 1. The molecule has 3 heterocycles. The van der Waals surface area contributed by atoms with Crippen LogP contribution in [-0.4, -0.2) is 49.5 Å². The zero-order valence-corrected chi connectivity index (χ0v) is 25.1. The number of aryl methyl sites for hydroxylation is 1. The predicted molar refractivity (Wildman–Crippen MR) is 165 cm³/mol. The summed E-state index contributed by atoms with van der Waals surface area (Å²) in [6, 6.07) is 13.1. The van der Waals surface area contributed by atoms with Crippen molar-refractivity contribution in [3.63, 3.8) is 0 Å². The van der Waals surface area contributed by atoms with Crippen molar-refractivity contribution in [2.45, 2.75) is 65.3 Å². The summed E-state index contributed by atoms with van der Waals surface area (Å²) in [6.07, 6.45) is 1.07. The van der Waals surface area contributed by atoms with Crippen molar-refractivity contribution in [3.05, 3.63) is 68.4 Å². The van der Waals surface area contributed by atoms with Crippen molar-refractivity contribution in [2.75, 3.05) is 18.0 Å². The number of nitrogens with one attached hydrogen (secondary N) is 1. The van der Waals surface area contributed by atoms with E-state index in [0.29, 0.717) is 30.2 Å². The van der Waals surface area contributed by atoms with Gasteiger partial charge < -0.3 is 15.0 Å². The van der Waals surface area contributed by atoms with Crippen molar-refractivity contribution < 1.29 is 9.53 Å². The molecule has 0 bridgehead atoms. The number of benzene rings is 2. The molecule has 0 spiro atoms. The molecule has 1 aliphatic heterocycles. The van der Waals surface area contributed by atoms with Crippen LogP contribution in [0.25, 0.3) is 21.9 Å². The fourth-order valence-electron chi connectivity index (χ4n) is 5.56. The maximum absolute atomic E-state index is 14.1. The minimum atomic E-state index is -0.613. The molecule has 1 atom stereocenters. The monoisotopic (exact) mass is 581 g/mol. The molecule has 1 fully saturated rings. The van der Waals surface area contributed by atoms with Crippen LogP contribution in [0.4, 0.5) is 10.7 Å². The van der Waals surface area contributed by atoms with Gasteiger partial charge in [-0.1, -0.05) is 30.2 Å². The average Bonchev–Trinajstić information content (AvgIpc) is 3.35. The lowest BCUT2D eigenvalue weighted by Crippen LogP contribution is -2.49. The summed E-state index contributed by atoms with van der Waals surface area (Å²) in [5, 5.41) is 14.3. The van der Waals surface area contributed by atoms with Gasteiger partial charge in [0.25, 0.3) is 5.56 Å². The third kappa shape index (κ3) is 5.98. The zero-order chi connectivity index (χ0) is 30.9. The van der Waals surface area contributed by atoms with Crippen molar-refractivity contribution in [2.24, 2.45) is 7.05 Å². The topological polar surface area (TPSA) is 127 Å². The van der Waals surface area contributed by atoms with E-state index in [1.54, 1.807) is 30.7 Å². The second-order valence-electron chi connectivity index (χ2n) is 11.7. The van der Waals surface area contributed by atoms with E-state index in [9.17, 15) is 19.6 Å². The van der Waals surface area contributed by atoms with Gasteiger partial charge in [-0.2, -0.15) is 10.2 Å². The smallest absolute Gasteiger partial charge is 0.407 e. The third-order valence-corrected chi connectivity index (χ3v) is 7.46. The van der Waals surface area contributed by atoms with Crippen LogP contribution in [-0.2, 0) is 24.9 Å². The summed E-state index contributed by atoms with van der Waals surface area (Å²) in [4.78, 5) is 47.0. The van der Waals surface area contributed by atoms with Crippen molar-refractivity contribution in [1.29, 1.82) is 5.26 Å². The number of imidazole rings is 1. The van der Waals surface area contributed by atoms with Crippen LogP contribution in [0.3, 0.4) is 0 Å². The lowest BCUT2D eigenvalue weighted by molar-refractivity contribution is 0.0499. The number of amides is 1. The number of rotatable bonds is 5. The highest BCUT2D eigenvalue weighted by Gasteiger charge is 2.29. The number of hydrogen-bond acceptors (Lipinski definition) is 7. The summed E-state index contributed by atoms with van der Waals surface area (Å²) in [5.74, 6) is 6.45. The van der Waals surface area contributed by atoms with E-state index < -0.39 is 22.9 Å². The van der Waals surface area contributed by atoms with Gasteiger partial charge in [-0.25, -0.2) is 9.59 Å². The van der Waals surface area contributed by atoms with Crippen LogP contribution in [0.2, 0.25) is 0 Å². The molecule has 11 heteroatoms. The fraction of sp³-hybridized carbons (Fsp3) is 0.406. The Morgan fingerprint density at radius 2 is 1.95 bits per heavy atom. The highest BCUT2D eigenvalue weighted by molar-refractivity contribution is 5.87. The number of hydrogen-bond donors (Lipinski definition) is 1. The van der Waals surface area contributed by atoms with Crippen LogP contribution in [0.1, 0.15) is 51.7 Å². The molecule has 43 heavy (non-hydrogen) atoms. The minimum absolute atomic E-state index is 0.0109. The summed E-state index contributed by atoms with van der Waals surface area (Å²) in [7, 11) is 1.60. The highest BCUT2D eigenvalue weighted by atomic mass is 16.6. The molecule has 1 aliphatic rings. The quantitative estimate of drug-likeness (QED) is 0.358. The Kier molecular flexibility index (Phi) is 8.01. The van der Waals surface area contributed by atoms with Gasteiger partial charge in [0.05, 0.1) is 24.7 Å². The van der Waals surface area contributed by atoms with Gasteiger partial charge in [0.15, 0.2) is 11.2 Å². The molecule has 222 valence electrons.